The van der Waals surface area contributed by atoms with Crippen molar-refractivity contribution in [1.82, 2.24) is 15.1 Å². The molecule has 0 bridgehead atoms. The van der Waals surface area contributed by atoms with E-state index in [-0.39, 0.29) is 25.2 Å². The second kappa shape index (κ2) is 7.06. The Balaban J connectivity index is 1.69. The molecule has 0 radical (unpaired) electrons. The SMILES string of the molecule is O=C1N[C@@H](CO)C(=O)N2CCN(C(=O)c3ccc(OC(F)(F)F)cc3)C[C@H]12. The number of aliphatic hydroxyl groups is 1. The zero-order valence-electron chi connectivity index (χ0n) is 13.9. The lowest BCUT2D eigenvalue weighted by Gasteiger charge is -2.44. The average molecular weight is 387 g/mol. The number of nitrogens with one attached hydrogen (secondary N) is 1. The molecule has 2 fully saturated rings. The Morgan fingerprint density at radius 1 is 1.22 bits per heavy atom. The molecule has 2 N–H and O–H groups in total. The van der Waals surface area contributed by atoms with Crippen LogP contribution in [0.1, 0.15) is 10.4 Å². The summed E-state index contributed by atoms with van der Waals surface area (Å²) in [6.07, 6.45) is -4.82. The van der Waals surface area contributed by atoms with Gasteiger partial charge in [0.05, 0.1) is 13.2 Å². The lowest BCUT2D eigenvalue weighted by molar-refractivity contribution is -0.274. The fraction of sp³-hybridized carbons (Fsp3) is 0.438. The molecule has 0 unspecified atom stereocenters. The maximum atomic E-state index is 12.6. The molecule has 27 heavy (non-hydrogen) atoms. The summed E-state index contributed by atoms with van der Waals surface area (Å²) in [5.41, 5.74) is 0.133. The van der Waals surface area contributed by atoms with Gasteiger partial charge in [0.2, 0.25) is 11.8 Å². The van der Waals surface area contributed by atoms with Crippen molar-refractivity contribution in [3.63, 3.8) is 0 Å². The molecule has 0 aliphatic carbocycles. The van der Waals surface area contributed by atoms with Gasteiger partial charge in [-0.25, -0.2) is 0 Å². The highest BCUT2D eigenvalue weighted by Gasteiger charge is 2.44. The van der Waals surface area contributed by atoms with E-state index in [0.717, 1.165) is 12.1 Å². The van der Waals surface area contributed by atoms with E-state index in [1.165, 1.54) is 21.9 Å². The maximum Gasteiger partial charge on any atom is 0.573 e. The maximum absolute atomic E-state index is 12.6. The van der Waals surface area contributed by atoms with Crippen molar-refractivity contribution in [2.75, 3.05) is 26.2 Å². The first kappa shape index (κ1) is 19.0. The molecule has 146 valence electrons. The largest absolute Gasteiger partial charge is 0.573 e. The minimum Gasteiger partial charge on any atom is -0.406 e. The van der Waals surface area contributed by atoms with Gasteiger partial charge in [0, 0.05) is 18.7 Å². The van der Waals surface area contributed by atoms with Gasteiger partial charge in [-0.1, -0.05) is 0 Å². The van der Waals surface area contributed by atoms with Gasteiger partial charge < -0.3 is 25.0 Å². The normalized spacial score (nSPS) is 23.0. The Morgan fingerprint density at radius 2 is 1.89 bits per heavy atom. The highest BCUT2D eigenvalue weighted by atomic mass is 19.4. The Kier molecular flexibility index (Phi) is 4.96. The van der Waals surface area contributed by atoms with E-state index in [9.17, 15) is 27.6 Å². The Morgan fingerprint density at radius 3 is 2.48 bits per heavy atom. The van der Waals surface area contributed by atoms with Crippen molar-refractivity contribution in [2.45, 2.75) is 18.4 Å². The van der Waals surface area contributed by atoms with Crippen molar-refractivity contribution >= 4 is 17.7 Å². The number of piperazine rings is 2. The minimum atomic E-state index is -4.82. The molecule has 0 spiro atoms. The van der Waals surface area contributed by atoms with Gasteiger partial charge in [-0.15, -0.1) is 13.2 Å². The van der Waals surface area contributed by atoms with Crippen LogP contribution in [0.3, 0.4) is 0 Å². The molecule has 0 aromatic heterocycles. The van der Waals surface area contributed by atoms with Gasteiger partial charge in [-0.3, -0.25) is 14.4 Å². The second-order valence-electron chi connectivity index (χ2n) is 6.11. The van der Waals surface area contributed by atoms with Crippen LogP contribution in [0.5, 0.6) is 5.75 Å². The first-order valence-corrected chi connectivity index (χ1v) is 8.06. The van der Waals surface area contributed by atoms with Gasteiger partial charge >= 0.3 is 6.36 Å². The van der Waals surface area contributed by atoms with E-state index < -0.39 is 48.5 Å². The number of halogens is 3. The number of fused-ring (bicyclic) bond motifs is 1. The topological polar surface area (TPSA) is 99.2 Å². The van der Waals surface area contributed by atoms with Crippen molar-refractivity contribution in [2.24, 2.45) is 0 Å². The molecule has 8 nitrogen and oxygen atoms in total. The monoisotopic (exact) mass is 387 g/mol. The number of hydrogen-bond donors (Lipinski definition) is 2. The summed E-state index contributed by atoms with van der Waals surface area (Å²) >= 11 is 0. The molecule has 11 heteroatoms. The summed E-state index contributed by atoms with van der Waals surface area (Å²) in [6, 6.07) is 2.59. The molecule has 2 heterocycles. The van der Waals surface area contributed by atoms with Gasteiger partial charge in [0.1, 0.15) is 17.8 Å². The molecule has 2 saturated heterocycles. The fourth-order valence-electron chi connectivity index (χ4n) is 3.09. The lowest BCUT2D eigenvalue weighted by atomic mass is 10.0. The van der Waals surface area contributed by atoms with Crippen LogP contribution in [0.2, 0.25) is 0 Å². The van der Waals surface area contributed by atoms with E-state index in [1.807, 2.05) is 0 Å². The van der Waals surface area contributed by atoms with Gasteiger partial charge in [0.25, 0.3) is 5.91 Å². The summed E-state index contributed by atoms with van der Waals surface area (Å²) in [6.45, 7) is -0.278. The highest BCUT2D eigenvalue weighted by molar-refractivity contribution is 5.99. The van der Waals surface area contributed by atoms with E-state index in [4.69, 9.17) is 5.11 Å². The van der Waals surface area contributed by atoms with Crippen LogP contribution in [0.25, 0.3) is 0 Å². The van der Waals surface area contributed by atoms with Crippen LogP contribution in [0.4, 0.5) is 13.2 Å². The fourth-order valence-corrected chi connectivity index (χ4v) is 3.09. The van der Waals surface area contributed by atoms with Crippen LogP contribution in [-0.4, -0.2) is 77.3 Å². The van der Waals surface area contributed by atoms with Crippen molar-refractivity contribution in [3.8, 4) is 5.75 Å². The number of rotatable bonds is 3. The number of benzene rings is 1. The predicted molar refractivity (Wildman–Crippen MR) is 83.5 cm³/mol. The molecule has 3 amide bonds. The highest BCUT2D eigenvalue weighted by Crippen LogP contribution is 2.24. The molecular weight excluding hydrogens is 371 g/mol. The van der Waals surface area contributed by atoms with Crippen LogP contribution < -0.4 is 10.1 Å². The first-order chi connectivity index (χ1) is 12.7. The van der Waals surface area contributed by atoms with Crippen molar-refractivity contribution < 1.29 is 37.4 Å². The number of ether oxygens (including phenoxy) is 1. The van der Waals surface area contributed by atoms with Crippen LogP contribution in [0.15, 0.2) is 24.3 Å². The first-order valence-electron chi connectivity index (χ1n) is 8.06. The Hall–Kier alpha value is -2.82. The van der Waals surface area contributed by atoms with Gasteiger partial charge in [-0.05, 0) is 24.3 Å². The molecule has 1 aromatic rings. The number of carbonyl (C=O) groups excluding carboxylic acids is 3. The quantitative estimate of drug-likeness (QED) is 0.744. The molecule has 1 aromatic carbocycles. The van der Waals surface area contributed by atoms with Gasteiger partial charge in [-0.2, -0.15) is 0 Å². The van der Waals surface area contributed by atoms with Crippen molar-refractivity contribution in [1.29, 1.82) is 0 Å². The molecule has 2 aliphatic rings. The molecule has 3 rings (SSSR count). The van der Waals surface area contributed by atoms with Crippen LogP contribution in [0, 0.1) is 0 Å². The minimum absolute atomic E-state index is 0.0463. The third-order valence-electron chi connectivity index (χ3n) is 4.39. The molecule has 0 saturated carbocycles. The summed E-state index contributed by atoms with van der Waals surface area (Å²) in [7, 11) is 0. The number of hydrogen-bond acceptors (Lipinski definition) is 5. The van der Waals surface area contributed by atoms with Gasteiger partial charge in [0.15, 0.2) is 0 Å². The standard InChI is InChI=1S/C16H16F3N3O5/c17-16(18,19)27-10-3-1-9(2-4-10)14(25)21-5-6-22-12(7-21)13(24)20-11(8-23)15(22)26/h1-4,11-12,23H,5-8H2,(H,20,24)/t11-,12+/m0/s1. The van der Waals surface area contributed by atoms with Crippen molar-refractivity contribution in [3.05, 3.63) is 29.8 Å². The predicted octanol–water partition coefficient (Wildman–Crippen LogP) is -0.271. The summed E-state index contributed by atoms with van der Waals surface area (Å²) < 4.78 is 40.3. The summed E-state index contributed by atoms with van der Waals surface area (Å²) in [5, 5.41) is 11.5. The molecular formula is C16H16F3N3O5. The third-order valence-corrected chi connectivity index (χ3v) is 4.39. The Bertz CT molecular complexity index is 753. The number of aliphatic hydroxyl groups excluding tert-OH is 1. The Labute approximate surface area is 151 Å². The van der Waals surface area contributed by atoms with E-state index in [0.29, 0.717) is 0 Å². The average Bonchev–Trinajstić information content (AvgIpc) is 2.63. The van der Waals surface area contributed by atoms with E-state index in [2.05, 4.69) is 10.1 Å². The van der Waals surface area contributed by atoms with Crippen LogP contribution in [-0.2, 0) is 9.59 Å². The number of carbonyl (C=O) groups is 3. The lowest BCUT2D eigenvalue weighted by Crippen LogP contribution is -2.70. The zero-order valence-corrected chi connectivity index (χ0v) is 13.9. The zero-order chi connectivity index (χ0) is 19.8. The number of amides is 3. The summed E-state index contributed by atoms with van der Waals surface area (Å²) in [5.74, 6) is -1.81. The molecule has 2 atom stereocenters. The third kappa shape index (κ3) is 3.97. The smallest absolute Gasteiger partial charge is 0.406 e. The van der Waals surface area contributed by atoms with E-state index >= 15 is 0 Å². The van der Waals surface area contributed by atoms with E-state index in [1.54, 1.807) is 0 Å². The van der Waals surface area contributed by atoms with Crippen LogP contribution >= 0.6 is 0 Å². The number of alkyl halides is 3. The second-order valence-corrected chi connectivity index (χ2v) is 6.11. The molecule has 2 aliphatic heterocycles. The summed E-state index contributed by atoms with van der Waals surface area (Å²) in [4.78, 5) is 39.6. The number of nitrogens with zero attached hydrogens (tertiary/aromatic N) is 2.